The summed E-state index contributed by atoms with van der Waals surface area (Å²) >= 11 is 0. The van der Waals surface area contributed by atoms with Gasteiger partial charge in [-0.25, -0.2) is 0 Å². The summed E-state index contributed by atoms with van der Waals surface area (Å²) in [7, 11) is 0. The summed E-state index contributed by atoms with van der Waals surface area (Å²) in [5, 5.41) is 8.99. The normalized spacial score (nSPS) is 11.5. The second-order valence-electron chi connectivity index (χ2n) is 5.01. The van der Waals surface area contributed by atoms with Gasteiger partial charge in [-0.3, -0.25) is 4.79 Å². The molecule has 0 saturated carbocycles. The van der Waals surface area contributed by atoms with E-state index in [9.17, 15) is 4.79 Å². The van der Waals surface area contributed by atoms with E-state index in [4.69, 9.17) is 11.0 Å². The monoisotopic (exact) mass is 285 g/mol. The number of hydrogen-bond acceptors (Lipinski definition) is 3. The molecule has 0 spiro atoms. The van der Waals surface area contributed by atoms with Crippen LogP contribution in [0.5, 0.6) is 0 Å². The topological polar surface area (TPSA) is 70.1 Å². The maximum atomic E-state index is 11.2. The summed E-state index contributed by atoms with van der Waals surface area (Å²) in [6.45, 7) is 8.11. The first-order valence-corrected chi connectivity index (χ1v) is 7.31. The lowest BCUT2D eigenvalue weighted by atomic mass is 10.0. The number of carbonyl (C=O) groups is 1. The molecule has 0 bridgehead atoms. The van der Waals surface area contributed by atoms with E-state index in [1.54, 1.807) is 6.92 Å². The van der Waals surface area contributed by atoms with Crippen LogP contribution < -0.4 is 10.6 Å². The van der Waals surface area contributed by atoms with Gasteiger partial charge in [-0.1, -0.05) is 26.0 Å². The maximum Gasteiger partial charge on any atom is 0.259 e. The van der Waals surface area contributed by atoms with Crippen LogP contribution in [0.1, 0.15) is 39.2 Å². The van der Waals surface area contributed by atoms with E-state index in [0.29, 0.717) is 5.57 Å². The van der Waals surface area contributed by atoms with Gasteiger partial charge >= 0.3 is 0 Å². The van der Waals surface area contributed by atoms with Crippen molar-refractivity contribution in [1.82, 2.24) is 0 Å². The second kappa shape index (κ2) is 8.11. The molecule has 4 heteroatoms. The molecule has 0 unspecified atom stereocenters. The Morgan fingerprint density at radius 2 is 1.71 bits per heavy atom. The van der Waals surface area contributed by atoms with Gasteiger partial charge in [-0.05, 0) is 43.0 Å². The van der Waals surface area contributed by atoms with Crippen molar-refractivity contribution < 1.29 is 4.79 Å². The number of anilines is 1. The van der Waals surface area contributed by atoms with Crippen molar-refractivity contribution in [2.75, 3.05) is 18.0 Å². The van der Waals surface area contributed by atoms with Crippen LogP contribution in [0.4, 0.5) is 5.69 Å². The van der Waals surface area contributed by atoms with Gasteiger partial charge in [-0.15, -0.1) is 0 Å². The molecule has 1 aromatic carbocycles. The molecule has 1 rings (SSSR count). The zero-order valence-corrected chi connectivity index (χ0v) is 13.0. The summed E-state index contributed by atoms with van der Waals surface area (Å²) < 4.78 is 0. The average Bonchev–Trinajstić information content (AvgIpc) is 2.47. The highest BCUT2D eigenvalue weighted by atomic mass is 16.1. The van der Waals surface area contributed by atoms with Crippen LogP contribution in [-0.4, -0.2) is 19.0 Å². The molecule has 0 aromatic heterocycles. The number of hydrogen-bond donors (Lipinski definition) is 1. The Balaban J connectivity index is 3.07. The third-order valence-corrected chi connectivity index (χ3v) is 3.39. The molecule has 0 saturated heterocycles. The van der Waals surface area contributed by atoms with Crippen molar-refractivity contribution in [2.24, 2.45) is 5.73 Å². The van der Waals surface area contributed by atoms with Gasteiger partial charge in [0.2, 0.25) is 0 Å². The van der Waals surface area contributed by atoms with Gasteiger partial charge in [0.25, 0.3) is 5.91 Å². The smallest absolute Gasteiger partial charge is 0.259 e. The molecule has 1 amide bonds. The SMILES string of the molecule is CCCN(CCC)c1ccc(/C(C)=C(\C#N)C(N)=O)cc1. The van der Waals surface area contributed by atoms with Gasteiger partial charge in [0, 0.05) is 18.8 Å². The summed E-state index contributed by atoms with van der Waals surface area (Å²) in [6.07, 6.45) is 2.20. The standard InChI is InChI=1S/C17H23N3O/c1-4-10-20(11-5-2)15-8-6-14(7-9-15)13(3)16(12-18)17(19)21/h6-9H,4-5,10-11H2,1-3H3,(H2,19,21)/b16-13+. The fraction of sp³-hybridized carbons (Fsp3) is 0.412. The van der Waals surface area contributed by atoms with Crippen molar-refractivity contribution in [2.45, 2.75) is 33.6 Å². The fourth-order valence-corrected chi connectivity index (χ4v) is 2.30. The Hall–Kier alpha value is -2.28. The number of nitrogens with two attached hydrogens (primary N) is 1. The molecule has 1 aromatic rings. The Bertz CT molecular complexity index is 546. The molecule has 0 aliphatic carbocycles. The molecule has 0 aliphatic heterocycles. The number of amides is 1. The summed E-state index contributed by atoms with van der Waals surface area (Å²) in [6, 6.07) is 9.80. The van der Waals surface area contributed by atoms with Gasteiger partial charge < -0.3 is 10.6 Å². The van der Waals surface area contributed by atoms with Crippen molar-refractivity contribution in [3.8, 4) is 6.07 Å². The number of nitriles is 1. The van der Waals surface area contributed by atoms with E-state index < -0.39 is 5.91 Å². The minimum absolute atomic E-state index is 0.0155. The third-order valence-electron chi connectivity index (χ3n) is 3.39. The summed E-state index contributed by atoms with van der Waals surface area (Å²) in [4.78, 5) is 13.6. The van der Waals surface area contributed by atoms with E-state index in [1.165, 1.54) is 0 Å². The number of rotatable bonds is 7. The number of allylic oxidation sites excluding steroid dienone is 1. The predicted octanol–water partition coefficient (Wildman–Crippen LogP) is 3.10. The lowest BCUT2D eigenvalue weighted by Gasteiger charge is -2.24. The van der Waals surface area contributed by atoms with E-state index in [-0.39, 0.29) is 5.57 Å². The third kappa shape index (κ3) is 4.35. The van der Waals surface area contributed by atoms with Gasteiger partial charge in [0.15, 0.2) is 0 Å². The van der Waals surface area contributed by atoms with E-state index in [1.807, 2.05) is 30.3 Å². The van der Waals surface area contributed by atoms with Gasteiger partial charge in [-0.2, -0.15) is 5.26 Å². The van der Waals surface area contributed by atoms with Crippen LogP contribution in [0.2, 0.25) is 0 Å². The Morgan fingerprint density at radius 3 is 2.10 bits per heavy atom. The number of primary amides is 1. The highest BCUT2D eigenvalue weighted by Crippen LogP contribution is 2.22. The molecule has 0 heterocycles. The summed E-state index contributed by atoms with van der Waals surface area (Å²) in [5.74, 6) is -0.683. The van der Waals surface area contributed by atoms with Crippen LogP contribution in [0.3, 0.4) is 0 Å². The average molecular weight is 285 g/mol. The van der Waals surface area contributed by atoms with E-state index >= 15 is 0 Å². The van der Waals surface area contributed by atoms with Gasteiger partial charge in [0.05, 0.1) is 0 Å². The molecular weight excluding hydrogens is 262 g/mol. The maximum absolute atomic E-state index is 11.2. The first-order valence-electron chi connectivity index (χ1n) is 7.31. The van der Waals surface area contributed by atoms with Crippen LogP contribution in [-0.2, 0) is 4.79 Å². The molecule has 0 aliphatic rings. The Morgan fingerprint density at radius 1 is 1.19 bits per heavy atom. The van der Waals surface area contributed by atoms with Crippen LogP contribution in [0.25, 0.3) is 5.57 Å². The second-order valence-corrected chi connectivity index (χ2v) is 5.01. The molecule has 0 radical (unpaired) electrons. The van der Waals surface area contributed by atoms with Crippen LogP contribution >= 0.6 is 0 Å². The Labute approximate surface area is 126 Å². The lowest BCUT2D eigenvalue weighted by Crippen LogP contribution is -2.24. The quantitative estimate of drug-likeness (QED) is 0.618. The molecule has 0 atom stereocenters. The zero-order chi connectivity index (χ0) is 15.8. The molecule has 21 heavy (non-hydrogen) atoms. The largest absolute Gasteiger partial charge is 0.372 e. The number of benzene rings is 1. The molecular formula is C17H23N3O. The van der Waals surface area contributed by atoms with Crippen LogP contribution in [0.15, 0.2) is 29.8 Å². The van der Waals surface area contributed by atoms with E-state index in [0.717, 1.165) is 37.2 Å². The Kier molecular flexibility index (Phi) is 6.48. The van der Waals surface area contributed by atoms with Crippen LogP contribution in [0, 0.1) is 11.3 Å². The highest BCUT2D eigenvalue weighted by molar-refractivity contribution is 6.03. The molecule has 4 nitrogen and oxygen atoms in total. The molecule has 2 N–H and O–H groups in total. The zero-order valence-electron chi connectivity index (χ0n) is 13.0. The molecule has 0 fully saturated rings. The fourth-order valence-electron chi connectivity index (χ4n) is 2.30. The first-order chi connectivity index (χ1) is 10.0. The molecule has 112 valence electrons. The van der Waals surface area contributed by atoms with Crippen molar-refractivity contribution in [3.63, 3.8) is 0 Å². The van der Waals surface area contributed by atoms with Crippen molar-refractivity contribution in [3.05, 3.63) is 35.4 Å². The van der Waals surface area contributed by atoms with E-state index in [2.05, 4.69) is 18.7 Å². The van der Waals surface area contributed by atoms with Crippen molar-refractivity contribution in [1.29, 1.82) is 5.26 Å². The van der Waals surface area contributed by atoms with Gasteiger partial charge in [0.1, 0.15) is 11.6 Å². The lowest BCUT2D eigenvalue weighted by molar-refractivity contribution is -0.114. The number of carbonyl (C=O) groups excluding carboxylic acids is 1. The first kappa shape index (κ1) is 16.8. The van der Waals surface area contributed by atoms with Crippen molar-refractivity contribution >= 4 is 17.2 Å². The summed E-state index contributed by atoms with van der Waals surface area (Å²) in [5.41, 5.74) is 7.86. The number of nitrogens with zero attached hydrogens (tertiary/aromatic N) is 2. The minimum Gasteiger partial charge on any atom is -0.372 e. The minimum atomic E-state index is -0.683. The highest BCUT2D eigenvalue weighted by Gasteiger charge is 2.11. The predicted molar refractivity (Wildman–Crippen MR) is 86.6 cm³/mol.